The van der Waals surface area contributed by atoms with Crippen LogP contribution in [0.25, 0.3) is 22.1 Å². The summed E-state index contributed by atoms with van der Waals surface area (Å²) in [5.74, 6) is 0.729. The van der Waals surface area contributed by atoms with Crippen LogP contribution in [-0.4, -0.2) is 59.2 Å². The maximum Gasteiger partial charge on any atom is 0.260 e. The number of likely N-dealkylation sites (tertiary alicyclic amines) is 1. The Labute approximate surface area is 187 Å². The monoisotopic (exact) mass is 448 g/mol. The van der Waals surface area contributed by atoms with E-state index in [1.165, 1.54) is 16.2 Å². The Morgan fingerprint density at radius 1 is 1.09 bits per heavy atom. The standard InChI is InChI=1S/C21H20N8O2S/c1-28-11-8-21(31,19(28)30)16-12-32-18(25-16)15-5-3-4-13(23-15)14-6-9-22-20(24-14)26-17-7-10-29(2)27-17/h3-7,9-10,12,31H,8,11H2,1-2H3,(H,22,24,26,27)/t21-/m1/s1. The minimum absolute atomic E-state index is 0.325. The summed E-state index contributed by atoms with van der Waals surface area (Å²) in [4.78, 5) is 31.9. The van der Waals surface area contributed by atoms with E-state index in [0.29, 0.717) is 52.5 Å². The van der Waals surface area contributed by atoms with Gasteiger partial charge in [0.1, 0.15) is 5.01 Å². The first-order valence-corrected chi connectivity index (χ1v) is 10.8. The third-order valence-electron chi connectivity index (χ3n) is 5.28. The highest BCUT2D eigenvalue weighted by atomic mass is 32.1. The fourth-order valence-electron chi connectivity index (χ4n) is 3.53. The van der Waals surface area contributed by atoms with Crippen LogP contribution in [0.15, 0.2) is 48.1 Å². The summed E-state index contributed by atoms with van der Waals surface area (Å²) in [6.07, 6.45) is 3.81. The molecule has 1 amide bonds. The van der Waals surface area contributed by atoms with E-state index < -0.39 is 5.60 Å². The van der Waals surface area contributed by atoms with E-state index in [4.69, 9.17) is 4.98 Å². The lowest BCUT2D eigenvalue weighted by Crippen LogP contribution is -2.36. The van der Waals surface area contributed by atoms with Crippen molar-refractivity contribution in [3.63, 3.8) is 0 Å². The molecule has 4 aromatic rings. The highest BCUT2D eigenvalue weighted by Crippen LogP contribution is 2.35. The number of hydrogen-bond donors (Lipinski definition) is 2. The number of aliphatic hydroxyl groups is 1. The van der Waals surface area contributed by atoms with Gasteiger partial charge in [-0.1, -0.05) is 6.07 Å². The van der Waals surface area contributed by atoms with Crippen LogP contribution in [0.4, 0.5) is 11.8 Å². The minimum atomic E-state index is -1.57. The third kappa shape index (κ3) is 3.61. The number of anilines is 2. The Morgan fingerprint density at radius 3 is 2.66 bits per heavy atom. The number of amides is 1. The molecular weight excluding hydrogens is 428 g/mol. The molecule has 5 rings (SSSR count). The first kappa shape index (κ1) is 20.2. The highest BCUT2D eigenvalue weighted by molar-refractivity contribution is 7.13. The molecule has 1 aliphatic rings. The van der Waals surface area contributed by atoms with Crippen LogP contribution < -0.4 is 5.32 Å². The Bertz CT molecular complexity index is 1300. The van der Waals surface area contributed by atoms with Gasteiger partial charge in [0, 0.05) is 50.9 Å². The molecule has 11 heteroatoms. The van der Waals surface area contributed by atoms with Gasteiger partial charge in [0.05, 0.1) is 22.8 Å². The quantitative estimate of drug-likeness (QED) is 0.476. The second-order valence-corrected chi connectivity index (χ2v) is 8.41. The summed E-state index contributed by atoms with van der Waals surface area (Å²) < 4.78 is 1.69. The van der Waals surface area contributed by atoms with Crippen LogP contribution in [0.5, 0.6) is 0 Å². The normalized spacial score (nSPS) is 18.3. The van der Waals surface area contributed by atoms with Crippen molar-refractivity contribution in [1.82, 2.24) is 34.6 Å². The first-order valence-electron chi connectivity index (χ1n) is 9.94. The molecule has 1 saturated heterocycles. The molecule has 10 nitrogen and oxygen atoms in total. The van der Waals surface area contributed by atoms with Gasteiger partial charge in [-0.25, -0.2) is 19.9 Å². The van der Waals surface area contributed by atoms with E-state index in [1.807, 2.05) is 37.5 Å². The molecule has 32 heavy (non-hydrogen) atoms. The second kappa shape index (κ2) is 7.77. The van der Waals surface area contributed by atoms with Crippen molar-refractivity contribution in [2.45, 2.75) is 12.0 Å². The van der Waals surface area contributed by atoms with Gasteiger partial charge in [-0.05, 0) is 18.2 Å². The van der Waals surface area contributed by atoms with Gasteiger partial charge < -0.3 is 15.3 Å². The smallest absolute Gasteiger partial charge is 0.260 e. The van der Waals surface area contributed by atoms with Crippen molar-refractivity contribution in [3.8, 4) is 22.1 Å². The largest absolute Gasteiger partial charge is 0.374 e. The Morgan fingerprint density at radius 2 is 1.91 bits per heavy atom. The number of nitrogens with zero attached hydrogens (tertiary/aromatic N) is 7. The van der Waals surface area contributed by atoms with Crippen LogP contribution in [-0.2, 0) is 17.4 Å². The number of nitrogens with one attached hydrogen (secondary N) is 1. The van der Waals surface area contributed by atoms with Crippen molar-refractivity contribution >= 4 is 29.0 Å². The van der Waals surface area contributed by atoms with Crippen molar-refractivity contribution in [2.24, 2.45) is 7.05 Å². The molecule has 0 radical (unpaired) electrons. The molecule has 0 aromatic carbocycles. The summed E-state index contributed by atoms with van der Waals surface area (Å²) in [6, 6.07) is 9.17. The number of carbonyl (C=O) groups is 1. The predicted molar refractivity (Wildman–Crippen MR) is 119 cm³/mol. The Balaban J connectivity index is 1.42. The van der Waals surface area contributed by atoms with Gasteiger partial charge in [0.25, 0.3) is 5.91 Å². The molecule has 2 N–H and O–H groups in total. The van der Waals surface area contributed by atoms with Crippen molar-refractivity contribution < 1.29 is 9.90 Å². The molecule has 162 valence electrons. The molecule has 0 spiro atoms. The molecule has 0 aliphatic carbocycles. The van der Waals surface area contributed by atoms with E-state index in [9.17, 15) is 9.90 Å². The topological polar surface area (TPSA) is 122 Å². The van der Waals surface area contributed by atoms with E-state index >= 15 is 0 Å². The minimum Gasteiger partial charge on any atom is -0.374 e. The Hall–Kier alpha value is -3.70. The number of hydrogen-bond acceptors (Lipinski definition) is 9. The Kier molecular flexibility index (Phi) is 4.91. The summed E-state index contributed by atoms with van der Waals surface area (Å²) in [5.41, 5.74) is 0.728. The molecule has 0 bridgehead atoms. The first-order chi connectivity index (χ1) is 15.4. The molecule has 1 aliphatic heterocycles. The van der Waals surface area contributed by atoms with E-state index in [-0.39, 0.29) is 5.91 Å². The number of likely N-dealkylation sites (N-methyl/N-ethyl adjacent to an activating group) is 1. The SMILES string of the molecule is CN1CC[C@@](O)(c2csc(-c3cccc(-c4ccnc(Nc5ccn(C)n5)n4)n3)n2)C1=O. The number of aromatic nitrogens is 6. The lowest BCUT2D eigenvalue weighted by molar-refractivity contribution is -0.143. The summed E-state index contributed by atoms with van der Waals surface area (Å²) in [7, 11) is 3.51. The number of pyridine rings is 1. The fourth-order valence-corrected chi connectivity index (χ4v) is 4.38. The zero-order chi connectivity index (χ0) is 22.3. The van der Waals surface area contributed by atoms with Gasteiger partial charge in [-0.3, -0.25) is 9.48 Å². The van der Waals surface area contributed by atoms with Crippen LogP contribution in [0, 0.1) is 0 Å². The molecule has 5 heterocycles. The zero-order valence-corrected chi connectivity index (χ0v) is 18.2. The lowest BCUT2D eigenvalue weighted by atomic mass is 9.99. The average molecular weight is 449 g/mol. The van der Waals surface area contributed by atoms with Gasteiger partial charge >= 0.3 is 0 Å². The summed E-state index contributed by atoms with van der Waals surface area (Å²) in [6.45, 7) is 0.499. The van der Waals surface area contributed by atoms with Crippen molar-refractivity contribution in [1.29, 1.82) is 0 Å². The van der Waals surface area contributed by atoms with Gasteiger partial charge in [-0.15, -0.1) is 11.3 Å². The average Bonchev–Trinajstić information content (AvgIpc) is 3.52. The summed E-state index contributed by atoms with van der Waals surface area (Å²) in [5, 5.41) is 20.5. The van der Waals surface area contributed by atoms with E-state index in [0.717, 1.165) is 0 Å². The second-order valence-electron chi connectivity index (χ2n) is 7.55. The van der Waals surface area contributed by atoms with Crippen LogP contribution in [0.1, 0.15) is 12.1 Å². The maximum absolute atomic E-state index is 12.4. The van der Waals surface area contributed by atoms with Gasteiger partial charge in [0.2, 0.25) is 5.95 Å². The number of carbonyl (C=O) groups excluding carboxylic acids is 1. The zero-order valence-electron chi connectivity index (χ0n) is 17.4. The van der Waals surface area contributed by atoms with Crippen molar-refractivity contribution in [2.75, 3.05) is 18.9 Å². The molecule has 1 atom stereocenters. The van der Waals surface area contributed by atoms with Gasteiger partial charge in [-0.2, -0.15) is 5.10 Å². The fraction of sp³-hybridized carbons (Fsp3) is 0.238. The summed E-state index contributed by atoms with van der Waals surface area (Å²) >= 11 is 1.34. The molecule has 4 aromatic heterocycles. The molecule has 0 saturated carbocycles. The molecule has 0 unspecified atom stereocenters. The highest BCUT2D eigenvalue weighted by Gasteiger charge is 2.47. The number of aryl methyl sites for hydroxylation is 1. The predicted octanol–water partition coefficient (Wildman–Crippen LogP) is 2.19. The van der Waals surface area contributed by atoms with E-state index in [2.05, 4.69) is 25.4 Å². The van der Waals surface area contributed by atoms with Crippen molar-refractivity contribution in [3.05, 3.63) is 53.8 Å². The number of thiazole rings is 1. The van der Waals surface area contributed by atoms with Crippen LogP contribution in [0.3, 0.4) is 0 Å². The third-order valence-corrected chi connectivity index (χ3v) is 6.14. The molecular formula is C21H20N8O2S. The lowest BCUT2D eigenvalue weighted by Gasteiger charge is -2.17. The maximum atomic E-state index is 12.4. The molecule has 1 fully saturated rings. The van der Waals surface area contributed by atoms with Crippen LogP contribution in [0.2, 0.25) is 0 Å². The van der Waals surface area contributed by atoms with E-state index in [1.54, 1.807) is 29.4 Å². The van der Waals surface area contributed by atoms with Crippen LogP contribution >= 0.6 is 11.3 Å². The number of rotatable bonds is 5. The van der Waals surface area contributed by atoms with Gasteiger partial charge in [0.15, 0.2) is 11.4 Å².